The van der Waals surface area contributed by atoms with Crippen LogP contribution in [0.1, 0.15) is 20.8 Å². The van der Waals surface area contributed by atoms with Gasteiger partial charge in [0.1, 0.15) is 17.1 Å². The minimum atomic E-state index is -1.16. The molecule has 6 nitrogen and oxygen atoms in total. The summed E-state index contributed by atoms with van der Waals surface area (Å²) < 4.78 is 0.514. The second kappa shape index (κ2) is 5.57. The summed E-state index contributed by atoms with van der Waals surface area (Å²) in [6.45, 7) is 0. The van der Waals surface area contributed by atoms with Gasteiger partial charge >= 0.3 is 5.97 Å². The summed E-state index contributed by atoms with van der Waals surface area (Å²) in [4.78, 5) is 30.7. The van der Waals surface area contributed by atoms with E-state index in [1.807, 2.05) is 0 Å². The van der Waals surface area contributed by atoms with Gasteiger partial charge in [0, 0.05) is 16.9 Å². The van der Waals surface area contributed by atoms with Crippen LogP contribution < -0.4 is 5.32 Å². The van der Waals surface area contributed by atoms with Gasteiger partial charge in [0.25, 0.3) is 5.91 Å². The minimum Gasteiger partial charge on any atom is -0.478 e. The number of anilines is 1. The van der Waals surface area contributed by atoms with Crippen LogP contribution in [-0.4, -0.2) is 27.0 Å². The standard InChI is InChI=1S/C12H8BrN3O3/c13-8-4-2-5-14-9(8)11(17)16-10-7(12(18)19)3-1-6-15-10/h1-6H,(H,18,19)(H,15,16,17). The largest absolute Gasteiger partial charge is 0.478 e. The third-order valence-corrected chi connectivity index (χ3v) is 2.88. The van der Waals surface area contributed by atoms with E-state index in [4.69, 9.17) is 5.11 Å². The van der Waals surface area contributed by atoms with E-state index in [-0.39, 0.29) is 17.1 Å². The van der Waals surface area contributed by atoms with Crippen molar-refractivity contribution in [2.45, 2.75) is 0 Å². The molecule has 7 heteroatoms. The number of halogens is 1. The number of amides is 1. The molecule has 2 heterocycles. The molecule has 0 spiro atoms. The Morgan fingerprint density at radius 1 is 1.16 bits per heavy atom. The van der Waals surface area contributed by atoms with Crippen LogP contribution in [0.3, 0.4) is 0 Å². The van der Waals surface area contributed by atoms with Gasteiger partial charge in [0.05, 0.1) is 0 Å². The molecular formula is C12H8BrN3O3. The number of nitrogens with one attached hydrogen (secondary N) is 1. The van der Waals surface area contributed by atoms with E-state index in [9.17, 15) is 9.59 Å². The number of carbonyl (C=O) groups excluding carboxylic acids is 1. The maximum Gasteiger partial charge on any atom is 0.339 e. The molecule has 0 aromatic carbocycles. The third kappa shape index (κ3) is 2.94. The molecular weight excluding hydrogens is 314 g/mol. The van der Waals surface area contributed by atoms with Gasteiger partial charge in [-0.2, -0.15) is 0 Å². The number of rotatable bonds is 3. The summed E-state index contributed by atoms with van der Waals surface area (Å²) >= 11 is 3.20. The van der Waals surface area contributed by atoms with Crippen LogP contribution in [0, 0.1) is 0 Å². The first kappa shape index (κ1) is 13.2. The fourth-order valence-electron chi connectivity index (χ4n) is 1.40. The average Bonchev–Trinajstić information content (AvgIpc) is 2.39. The highest BCUT2D eigenvalue weighted by atomic mass is 79.9. The molecule has 2 aromatic rings. The fourth-order valence-corrected chi connectivity index (χ4v) is 1.83. The number of carboxylic acids is 1. The SMILES string of the molecule is O=C(O)c1cccnc1NC(=O)c1ncccc1Br. The van der Waals surface area contributed by atoms with E-state index in [0.29, 0.717) is 4.47 Å². The van der Waals surface area contributed by atoms with Gasteiger partial charge in [0.15, 0.2) is 0 Å². The first-order chi connectivity index (χ1) is 9.09. The number of carbonyl (C=O) groups is 2. The highest BCUT2D eigenvalue weighted by Crippen LogP contribution is 2.16. The predicted octanol–water partition coefficient (Wildman–Crippen LogP) is 2.19. The normalized spacial score (nSPS) is 9.95. The second-order valence-corrected chi connectivity index (χ2v) is 4.35. The van der Waals surface area contributed by atoms with E-state index >= 15 is 0 Å². The van der Waals surface area contributed by atoms with Gasteiger partial charge in [-0.15, -0.1) is 0 Å². The van der Waals surface area contributed by atoms with Gasteiger partial charge in [-0.25, -0.2) is 14.8 Å². The highest BCUT2D eigenvalue weighted by molar-refractivity contribution is 9.10. The second-order valence-electron chi connectivity index (χ2n) is 3.49. The van der Waals surface area contributed by atoms with E-state index < -0.39 is 11.9 Å². The van der Waals surface area contributed by atoms with Gasteiger partial charge in [-0.1, -0.05) is 0 Å². The summed E-state index contributed by atoms with van der Waals surface area (Å²) in [5, 5.41) is 11.4. The first-order valence-electron chi connectivity index (χ1n) is 5.20. The van der Waals surface area contributed by atoms with Gasteiger partial charge in [0.2, 0.25) is 0 Å². The molecule has 2 N–H and O–H groups in total. The van der Waals surface area contributed by atoms with Crippen LogP contribution in [0.4, 0.5) is 5.82 Å². The zero-order valence-corrected chi connectivity index (χ0v) is 11.1. The Morgan fingerprint density at radius 3 is 2.53 bits per heavy atom. The molecule has 96 valence electrons. The predicted molar refractivity (Wildman–Crippen MR) is 71.1 cm³/mol. The molecule has 0 bridgehead atoms. The zero-order chi connectivity index (χ0) is 13.8. The molecule has 0 saturated heterocycles. The van der Waals surface area contributed by atoms with Crippen molar-refractivity contribution in [2.24, 2.45) is 0 Å². The fraction of sp³-hybridized carbons (Fsp3) is 0. The molecule has 0 unspecified atom stereocenters. The first-order valence-corrected chi connectivity index (χ1v) is 5.99. The smallest absolute Gasteiger partial charge is 0.339 e. The number of hydrogen-bond donors (Lipinski definition) is 2. The van der Waals surface area contributed by atoms with Crippen LogP contribution in [0.2, 0.25) is 0 Å². The summed E-state index contributed by atoms with van der Waals surface area (Å²) in [6.07, 6.45) is 2.87. The van der Waals surface area contributed by atoms with Crippen LogP contribution in [0.5, 0.6) is 0 Å². The molecule has 0 aliphatic heterocycles. The Morgan fingerprint density at radius 2 is 1.84 bits per heavy atom. The van der Waals surface area contributed by atoms with Crippen molar-refractivity contribution >= 4 is 33.6 Å². The minimum absolute atomic E-state index is 0.0162. The van der Waals surface area contributed by atoms with Crippen molar-refractivity contribution < 1.29 is 14.7 Å². The summed E-state index contributed by atoms with van der Waals surface area (Å²) in [7, 11) is 0. The van der Waals surface area contributed by atoms with Crippen molar-refractivity contribution in [1.29, 1.82) is 0 Å². The Kier molecular flexibility index (Phi) is 3.86. The van der Waals surface area contributed by atoms with Crippen molar-refractivity contribution in [3.8, 4) is 0 Å². The maximum atomic E-state index is 12.0. The third-order valence-electron chi connectivity index (χ3n) is 2.24. The number of aromatic carboxylic acids is 1. The van der Waals surface area contributed by atoms with Crippen LogP contribution >= 0.6 is 15.9 Å². The number of aromatic nitrogens is 2. The lowest BCUT2D eigenvalue weighted by atomic mass is 10.2. The van der Waals surface area contributed by atoms with E-state index in [1.165, 1.54) is 24.5 Å². The monoisotopic (exact) mass is 321 g/mol. The number of hydrogen-bond acceptors (Lipinski definition) is 4. The highest BCUT2D eigenvalue weighted by Gasteiger charge is 2.16. The summed E-state index contributed by atoms with van der Waals surface area (Å²) in [6, 6.07) is 6.18. The number of carboxylic acid groups (broad SMARTS) is 1. The van der Waals surface area contributed by atoms with Crippen molar-refractivity contribution in [3.05, 3.63) is 52.4 Å². The molecule has 1 amide bonds. The van der Waals surface area contributed by atoms with E-state index in [1.54, 1.807) is 12.1 Å². The molecule has 19 heavy (non-hydrogen) atoms. The quantitative estimate of drug-likeness (QED) is 0.904. The van der Waals surface area contributed by atoms with Gasteiger partial charge < -0.3 is 10.4 Å². The Labute approximate surface area is 116 Å². The topological polar surface area (TPSA) is 92.2 Å². The van der Waals surface area contributed by atoms with Gasteiger partial charge in [-0.3, -0.25) is 4.79 Å². The Hall–Kier alpha value is -2.28. The Balaban J connectivity index is 2.30. The molecule has 2 rings (SSSR count). The molecule has 0 aliphatic carbocycles. The molecule has 0 aliphatic rings. The number of nitrogens with zero attached hydrogens (tertiary/aromatic N) is 2. The molecule has 0 fully saturated rings. The molecule has 2 aromatic heterocycles. The van der Waals surface area contributed by atoms with Gasteiger partial charge in [-0.05, 0) is 40.2 Å². The lowest BCUT2D eigenvalue weighted by Crippen LogP contribution is -2.17. The van der Waals surface area contributed by atoms with E-state index in [2.05, 4.69) is 31.2 Å². The molecule has 0 saturated carbocycles. The Bertz CT molecular complexity index is 646. The summed E-state index contributed by atoms with van der Waals surface area (Å²) in [5.41, 5.74) is 0.0763. The zero-order valence-electron chi connectivity index (χ0n) is 9.50. The lowest BCUT2D eigenvalue weighted by Gasteiger charge is -2.07. The maximum absolute atomic E-state index is 12.0. The van der Waals surface area contributed by atoms with Crippen molar-refractivity contribution in [2.75, 3.05) is 5.32 Å². The van der Waals surface area contributed by atoms with Crippen LogP contribution in [0.15, 0.2) is 41.1 Å². The van der Waals surface area contributed by atoms with E-state index in [0.717, 1.165) is 0 Å². The number of pyridine rings is 2. The molecule has 0 radical (unpaired) electrons. The van der Waals surface area contributed by atoms with Crippen molar-refractivity contribution in [3.63, 3.8) is 0 Å². The lowest BCUT2D eigenvalue weighted by molar-refractivity contribution is 0.0697. The summed E-state index contributed by atoms with van der Waals surface area (Å²) in [5.74, 6) is -1.71. The van der Waals surface area contributed by atoms with Crippen LogP contribution in [0.25, 0.3) is 0 Å². The van der Waals surface area contributed by atoms with Crippen LogP contribution in [-0.2, 0) is 0 Å². The molecule has 0 atom stereocenters. The average molecular weight is 322 g/mol. The van der Waals surface area contributed by atoms with Crippen molar-refractivity contribution in [1.82, 2.24) is 9.97 Å².